The minimum atomic E-state index is -0.159. The van der Waals surface area contributed by atoms with E-state index in [9.17, 15) is 0 Å². The van der Waals surface area contributed by atoms with Crippen LogP contribution in [0, 0.1) is 0 Å². The maximum absolute atomic E-state index is 6.52. The molecule has 0 amide bonds. The van der Waals surface area contributed by atoms with Gasteiger partial charge in [-0.25, -0.2) is 0 Å². The molecule has 0 saturated heterocycles. The zero-order valence-electron chi connectivity index (χ0n) is 12.3. The van der Waals surface area contributed by atoms with E-state index in [0.717, 1.165) is 30.8 Å². The minimum absolute atomic E-state index is 0.0417. The first kappa shape index (κ1) is 13.9. The Balaban J connectivity index is 1.72. The van der Waals surface area contributed by atoms with Crippen molar-refractivity contribution in [3.05, 3.63) is 29.8 Å². The number of rotatable bonds is 6. The van der Waals surface area contributed by atoms with Crippen LogP contribution in [0.2, 0.25) is 0 Å². The molecule has 1 aromatic carbocycles. The number of nitrogens with two attached hydrogens (primary N) is 1. The summed E-state index contributed by atoms with van der Waals surface area (Å²) in [5, 5.41) is 0. The molecule has 110 valence electrons. The Kier molecular flexibility index (Phi) is 3.99. The van der Waals surface area contributed by atoms with E-state index in [1.54, 1.807) is 0 Å². The first-order valence-electron chi connectivity index (χ1n) is 7.90. The molecule has 2 aliphatic carbocycles. The summed E-state index contributed by atoms with van der Waals surface area (Å²) in [4.78, 5) is 0. The van der Waals surface area contributed by atoms with Crippen LogP contribution in [-0.2, 0) is 4.74 Å². The molecular formula is C17H25NO2. The first-order valence-corrected chi connectivity index (χ1v) is 7.90. The van der Waals surface area contributed by atoms with Gasteiger partial charge in [0.1, 0.15) is 5.75 Å². The highest BCUT2D eigenvalue weighted by Crippen LogP contribution is 2.42. The summed E-state index contributed by atoms with van der Waals surface area (Å²) >= 11 is 0. The predicted molar refractivity (Wildman–Crippen MR) is 79.8 cm³/mol. The van der Waals surface area contributed by atoms with Gasteiger partial charge in [0.15, 0.2) is 0 Å². The standard InChI is InChI=1S/C17H25NO2/c1-2-19-17(11-3-4-12-17)16(18)13-5-7-14(8-6-13)20-15-9-10-15/h5-8,15-16H,2-4,9-12,18H2,1H3. The maximum Gasteiger partial charge on any atom is 0.119 e. The third kappa shape index (κ3) is 2.84. The zero-order chi connectivity index (χ0) is 14.0. The average Bonchev–Trinajstić information content (AvgIpc) is 3.15. The highest BCUT2D eigenvalue weighted by atomic mass is 16.5. The van der Waals surface area contributed by atoms with E-state index in [4.69, 9.17) is 15.2 Å². The van der Waals surface area contributed by atoms with Crippen molar-refractivity contribution in [3.8, 4) is 5.75 Å². The molecule has 20 heavy (non-hydrogen) atoms. The van der Waals surface area contributed by atoms with Crippen molar-refractivity contribution < 1.29 is 9.47 Å². The molecule has 2 aliphatic rings. The molecular weight excluding hydrogens is 250 g/mol. The van der Waals surface area contributed by atoms with Gasteiger partial charge < -0.3 is 15.2 Å². The van der Waals surface area contributed by atoms with Gasteiger partial charge in [-0.05, 0) is 50.3 Å². The van der Waals surface area contributed by atoms with E-state index in [-0.39, 0.29) is 11.6 Å². The Morgan fingerprint density at radius 2 is 1.85 bits per heavy atom. The Hall–Kier alpha value is -1.06. The van der Waals surface area contributed by atoms with Crippen LogP contribution < -0.4 is 10.5 Å². The lowest BCUT2D eigenvalue weighted by atomic mass is 9.87. The van der Waals surface area contributed by atoms with Crippen molar-refractivity contribution in [1.29, 1.82) is 0 Å². The summed E-state index contributed by atoms with van der Waals surface area (Å²) in [6.45, 7) is 2.79. The molecule has 0 spiro atoms. The Morgan fingerprint density at radius 1 is 1.20 bits per heavy atom. The highest BCUT2D eigenvalue weighted by Gasteiger charge is 2.41. The molecule has 0 aromatic heterocycles. The summed E-state index contributed by atoms with van der Waals surface area (Å²) in [5.41, 5.74) is 7.52. The number of benzene rings is 1. The Morgan fingerprint density at radius 3 is 2.40 bits per heavy atom. The molecule has 3 nitrogen and oxygen atoms in total. The van der Waals surface area contributed by atoms with Crippen LogP contribution in [0.1, 0.15) is 57.1 Å². The number of hydrogen-bond donors (Lipinski definition) is 1. The van der Waals surface area contributed by atoms with Crippen LogP contribution >= 0.6 is 0 Å². The lowest BCUT2D eigenvalue weighted by molar-refractivity contribution is -0.0536. The number of ether oxygens (including phenoxy) is 2. The fraction of sp³-hybridized carbons (Fsp3) is 0.647. The van der Waals surface area contributed by atoms with Gasteiger partial charge in [-0.3, -0.25) is 0 Å². The molecule has 1 unspecified atom stereocenters. The van der Waals surface area contributed by atoms with E-state index in [2.05, 4.69) is 19.1 Å². The average molecular weight is 275 g/mol. The normalized spacial score (nSPS) is 22.7. The van der Waals surface area contributed by atoms with E-state index >= 15 is 0 Å². The van der Waals surface area contributed by atoms with Gasteiger partial charge in [-0.15, -0.1) is 0 Å². The van der Waals surface area contributed by atoms with E-state index in [1.807, 2.05) is 12.1 Å². The van der Waals surface area contributed by atoms with Crippen LogP contribution in [0.25, 0.3) is 0 Å². The summed E-state index contributed by atoms with van der Waals surface area (Å²) in [6, 6.07) is 8.24. The van der Waals surface area contributed by atoms with E-state index in [0.29, 0.717) is 6.10 Å². The van der Waals surface area contributed by atoms with Gasteiger partial charge in [-0.2, -0.15) is 0 Å². The molecule has 3 rings (SSSR count). The molecule has 1 atom stereocenters. The molecule has 0 heterocycles. The first-order chi connectivity index (χ1) is 9.73. The van der Waals surface area contributed by atoms with Crippen molar-refractivity contribution in [2.45, 2.75) is 63.2 Å². The fourth-order valence-electron chi connectivity index (χ4n) is 3.24. The van der Waals surface area contributed by atoms with Gasteiger partial charge in [0.05, 0.1) is 17.7 Å². The van der Waals surface area contributed by atoms with Gasteiger partial charge in [-0.1, -0.05) is 25.0 Å². The van der Waals surface area contributed by atoms with Gasteiger partial charge in [0, 0.05) is 6.61 Å². The highest BCUT2D eigenvalue weighted by molar-refractivity contribution is 5.31. The van der Waals surface area contributed by atoms with Crippen LogP contribution in [0.3, 0.4) is 0 Å². The zero-order valence-corrected chi connectivity index (χ0v) is 12.3. The maximum atomic E-state index is 6.52. The second-order valence-electron chi connectivity index (χ2n) is 6.07. The summed E-state index contributed by atoms with van der Waals surface area (Å²) in [6.07, 6.45) is 7.40. The summed E-state index contributed by atoms with van der Waals surface area (Å²) in [5.74, 6) is 0.959. The van der Waals surface area contributed by atoms with E-state index in [1.165, 1.54) is 25.7 Å². The second-order valence-corrected chi connectivity index (χ2v) is 6.07. The fourth-order valence-corrected chi connectivity index (χ4v) is 3.24. The third-order valence-corrected chi connectivity index (χ3v) is 4.51. The van der Waals surface area contributed by atoms with Crippen molar-refractivity contribution in [3.63, 3.8) is 0 Å². The van der Waals surface area contributed by atoms with Crippen molar-refractivity contribution in [1.82, 2.24) is 0 Å². The lowest BCUT2D eigenvalue weighted by Gasteiger charge is -2.35. The van der Waals surface area contributed by atoms with Crippen LogP contribution in [0.5, 0.6) is 5.75 Å². The minimum Gasteiger partial charge on any atom is -0.490 e. The quantitative estimate of drug-likeness (QED) is 0.863. The third-order valence-electron chi connectivity index (χ3n) is 4.51. The van der Waals surface area contributed by atoms with Gasteiger partial charge in [0.25, 0.3) is 0 Å². The van der Waals surface area contributed by atoms with Gasteiger partial charge >= 0.3 is 0 Å². The Bertz CT molecular complexity index is 433. The molecule has 1 aromatic rings. The SMILES string of the molecule is CCOC1(C(N)c2ccc(OC3CC3)cc2)CCCC1. The molecule has 2 fully saturated rings. The smallest absolute Gasteiger partial charge is 0.119 e. The molecule has 0 bridgehead atoms. The molecule has 2 saturated carbocycles. The lowest BCUT2D eigenvalue weighted by Crippen LogP contribution is -2.41. The number of hydrogen-bond acceptors (Lipinski definition) is 3. The molecule has 3 heteroatoms. The van der Waals surface area contributed by atoms with Crippen molar-refractivity contribution in [2.24, 2.45) is 5.73 Å². The van der Waals surface area contributed by atoms with Crippen LogP contribution in [0.15, 0.2) is 24.3 Å². The topological polar surface area (TPSA) is 44.5 Å². The monoisotopic (exact) mass is 275 g/mol. The largest absolute Gasteiger partial charge is 0.490 e. The van der Waals surface area contributed by atoms with Crippen molar-refractivity contribution in [2.75, 3.05) is 6.61 Å². The van der Waals surface area contributed by atoms with Crippen molar-refractivity contribution >= 4 is 0 Å². The molecule has 0 aliphatic heterocycles. The predicted octanol–water partition coefficient (Wildman–Crippen LogP) is 3.58. The molecule has 2 N–H and O–H groups in total. The second kappa shape index (κ2) is 5.74. The van der Waals surface area contributed by atoms with Crippen LogP contribution in [-0.4, -0.2) is 18.3 Å². The van der Waals surface area contributed by atoms with Crippen LogP contribution in [0.4, 0.5) is 0 Å². The summed E-state index contributed by atoms with van der Waals surface area (Å²) < 4.78 is 11.8. The van der Waals surface area contributed by atoms with E-state index < -0.39 is 0 Å². The Labute approximate surface area is 121 Å². The van der Waals surface area contributed by atoms with Gasteiger partial charge in [0.2, 0.25) is 0 Å². The summed E-state index contributed by atoms with van der Waals surface area (Å²) in [7, 11) is 0. The molecule has 0 radical (unpaired) electrons.